The zero-order chi connectivity index (χ0) is 17.1. The normalized spacial score (nSPS) is 10.5. The molecule has 0 fully saturated rings. The molecule has 0 spiro atoms. The van der Waals surface area contributed by atoms with Crippen LogP contribution >= 0.6 is 0 Å². The molecule has 0 saturated heterocycles. The summed E-state index contributed by atoms with van der Waals surface area (Å²) in [6.07, 6.45) is 2.79. The predicted molar refractivity (Wildman–Crippen MR) is 88.5 cm³/mol. The van der Waals surface area contributed by atoms with Gasteiger partial charge in [0.25, 0.3) is 5.91 Å². The number of aryl methyl sites for hydroxylation is 2. The van der Waals surface area contributed by atoms with Gasteiger partial charge in [-0.1, -0.05) is 0 Å². The second-order valence-electron chi connectivity index (χ2n) is 5.25. The molecule has 3 aromatic rings. The Bertz CT molecular complexity index is 854. The van der Waals surface area contributed by atoms with E-state index in [9.17, 15) is 4.79 Å². The molecule has 0 saturated carbocycles. The highest BCUT2D eigenvalue weighted by atomic mass is 16.5. The van der Waals surface area contributed by atoms with E-state index in [0.29, 0.717) is 11.6 Å². The molecule has 0 aliphatic rings. The lowest BCUT2D eigenvalue weighted by Crippen LogP contribution is -2.19. The molecule has 0 bridgehead atoms. The van der Waals surface area contributed by atoms with Crippen LogP contribution in [0.2, 0.25) is 0 Å². The number of benzene rings is 1. The molecule has 1 amide bonds. The number of carbonyl (C=O) groups excluding carboxylic acids is 1. The Morgan fingerprint density at radius 2 is 1.88 bits per heavy atom. The van der Waals surface area contributed by atoms with E-state index < -0.39 is 0 Å². The van der Waals surface area contributed by atoms with Crippen LogP contribution in [-0.2, 0) is 0 Å². The van der Waals surface area contributed by atoms with Crippen LogP contribution in [0, 0.1) is 13.8 Å². The van der Waals surface area contributed by atoms with Crippen molar-refractivity contribution in [1.29, 1.82) is 0 Å². The third kappa shape index (κ3) is 3.24. The first-order valence-corrected chi connectivity index (χ1v) is 7.42. The molecule has 3 rings (SSSR count). The molecule has 0 unspecified atom stereocenters. The second-order valence-corrected chi connectivity index (χ2v) is 5.25. The first kappa shape index (κ1) is 15.7. The van der Waals surface area contributed by atoms with Crippen LogP contribution in [0.25, 0.3) is 5.69 Å². The van der Waals surface area contributed by atoms with Gasteiger partial charge in [-0.2, -0.15) is 5.10 Å². The van der Waals surface area contributed by atoms with Crippen molar-refractivity contribution in [2.24, 2.45) is 0 Å². The van der Waals surface area contributed by atoms with Crippen LogP contribution in [0.15, 0.2) is 42.7 Å². The summed E-state index contributed by atoms with van der Waals surface area (Å²) in [4.78, 5) is 19.5. The van der Waals surface area contributed by atoms with Gasteiger partial charge in [0, 0.05) is 12.7 Å². The summed E-state index contributed by atoms with van der Waals surface area (Å²) >= 11 is 0. The van der Waals surface area contributed by atoms with Gasteiger partial charge >= 0.3 is 0 Å². The molecule has 122 valence electrons. The second kappa shape index (κ2) is 6.49. The highest BCUT2D eigenvalue weighted by Gasteiger charge is 2.07. The van der Waals surface area contributed by atoms with Crippen molar-refractivity contribution in [2.45, 2.75) is 13.8 Å². The molecular weight excluding hydrogens is 306 g/mol. The quantitative estimate of drug-likeness (QED) is 0.797. The van der Waals surface area contributed by atoms with Gasteiger partial charge in [0.05, 0.1) is 23.8 Å². The molecule has 2 aromatic heterocycles. The van der Waals surface area contributed by atoms with Crippen molar-refractivity contribution < 1.29 is 9.53 Å². The first-order valence-electron chi connectivity index (χ1n) is 7.42. The van der Waals surface area contributed by atoms with E-state index in [0.717, 1.165) is 17.1 Å². The molecule has 0 radical (unpaired) electrons. The average Bonchev–Trinajstić information content (AvgIpc) is 2.94. The minimum atomic E-state index is -0.289. The zero-order valence-electron chi connectivity index (χ0n) is 13.6. The van der Waals surface area contributed by atoms with Crippen molar-refractivity contribution >= 4 is 5.91 Å². The maximum atomic E-state index is 11.4. The average molecular weight is 323 g/mol. The first-order chi connectivity index (χ1) is 11.6. The van der Waals surface area contributed by atoms with Crippen molar-refractivity contribution in [2.75, 3.05) is 7.05 Å². The Hall–Kier alpha value is -3.22. The van der Waals surface area contributed by atoms with E-state index in [4.69, 9.17) is 4.74 Å². The van der Waals surface area contributed by atoms with Crippen LogP contribution in [0.1, 0.15) is 21.9 Å². The number of aromatic nitrogens is 4. The lowest BCUT2D eigenvalue weighted by atomic mass is 10.3. The maximum absolute atomic E-state index is 11.4. The number of hydrogen-bond donors (Lipinski definition) is 1. The van der Waals surface area contributed by atoms with Crippen LogP contribution < -0.4 is 10.1 Å². The van der Waals surface area contributed by atoms with Crippen molar-refractivity contribution in [3.05, 3.63) is 59.8 Å². The Morgan fingerprint density at radius 3 is 2.42 bits per heavy atom. The van der Waals surface area contributed by atoms with Crippen molar-refractivity contribution in [1.82, 2.24) is 25.1 Å². The Morgan fingerprint density at radius 1 is 1.12 bits per heavy atom. The minimum Gasteiger partial charge on any atom is -0.438 e. The number of rotatable bonds is 4. The molecule has 0 aliphatic carbocycles. The summed E-state index contributed by atoms with van der Waals surface area (Å²) in [7, 11) is 1.54. The molecule has 7 heteroatoms. The Kier molecular flexibility index (Phi) is 4.24. The number of nitrogens with zero attached hydrogens (tertiary/aromatic N) is 4. The van der Waals surface area contributed by atoms with E-state index >= 15 is 0 Å². The molecule has 24 heavy (non-hydrogen) atoms. The molecule has 0 atom stereocenters. The molecule has 2 heterocycles. The summed E-state index contributed by atoms with van der Waals surface area (Å²) in [6.45, 7) is 3.97. The van der Waals surface area contributed by atoms with Gasteiger partial charge in [-0.25, -0.2) is 14.6 Å². The van der Waals surface area contributed by atoms with Crippen LogP contribution in [0.4, 0.5) is 0 Å². The fraction of sp³-hybridized carbons (Fsp3) is 0.176. The maximum Gasteiger partial charge on any atom is 0.271 e. The van der Waals surface area contributed by atoms with Gasteiger partial charge in [-0.15, -0.1) is 0 Å². The lowest BCUT2D eigenvalue weighted by Gasteiger charge is -2.07. The van der Waals surface area contributed by atoms with Gasteiger partial charge in [0.2, 0.25) is 5.88 Å². The third-order valence-corrected chi connectivity index (χ3v) is 3.40. The fourth-order valence-electron chi connectivity index (χ4n) is 2.28. The molecule has 1 aromatic carbocycles. The third-order valence-electron chi connectivity index (χ3n) is 3.40. The van der Waals surface area contributed by atoms with E-state index in [1.807, 2.05) is 48.9 Å². The molecule has 1 N–H and O–H groups in total. The number of nitrogens with one attached hydrogen (secondary N) is 1. The standard InChI is InChI=1S/C17H17N5O2/c1-11-8-12(2)22(21-11)13-4-6-14(7-5-13)24-16-10-19-15(9-20-16)17(23)18-3/h4-10H,1-3H3,(H,18,23). The van der Waals surface area contributed by atoms with E-state index in [2.05, 4.69) is 20.4 Å². The number of ether oxygens (including phenoxy) is 1. The summed E-state index contributed by atoms with van der Waals surface area (Å²) in [6, 6.07) is 9.52. The SMILES string of the molecule is CNC(=O)c1cnc(Oc2ccc(-n3nc(C)cc3C)cc2)cn1. The Balaban J connectivity index is 1.74. The highest BCUT2D eigenvalue weighted by Crippen LogP contribution is 2.21. The number of amides is 1. The highest BCUT2D eigenvalue weighted by molar-refractivity contribution is 5.91. The van der Waals surface area contributed by atoms with E-state index in [-0.39, 0.29) is 11.6 Å². The largest absolute Gasteiger partial charge is 0.438 e. The van der Waals surface area contributed by atoms with Crippen LogP contribution in [0.3, 0.4) is 0 Å². The number of carbonyl (C=O) groups is 1. The summed E-state index contributed by atoms with van der Waals surface area (Å²) in [5, 5.41) is 6.93. The molecule has 7 nitrogen and oxygen atoms in total. The molecule has 0 aliphatic heterocycles. The number of hydrogen-bond acceptors (Lipinski definition) is 5. The summed E-state index contributed by atoms with van der Waals surface area (Å²) in [5.74, 6) is 0.659. The van der Waals surface area contributed by atoms with E-state index in [1.165, 1.54) is 12.4 Å². The smallest absolute Gasteiger partial charge is 0.271 e. The van der Waals surface area contributed by atoms with E-state index in [1.54, 1.807) is 7.05 Å². The van der Waals surface area contributed by atoms with Crippen LogP contribution in [-0.4, -0.2) is 32.7 Å². The lowest BCUT2D eigenvalue weighted by molar-refractivity contribution is 0.0957. The van der Waals surface area contributed by atoms with Crippen LogP contribution in [0.5, 0.6) is 11.6 Å². The van der Waals surface area contributed by atoms with Crippen molar-refractivity contribution in [3.63, 3.8) is 0 Å². The van der Waals surface area contributed by atoms with Gasteiger partial charge in [-0.05, 0) is 44.2 Å². The van der Waals surface area contributed by atoms with Crippen molar-refractivity contribution in [3.8, 4) is 17.3 Å². The minimum absolute atomic E-state index is 0.240. The summed E-state index contributed by atoms with van der Waals surface area (Å²) < 4.78 is 7.51. The van der Waals surface area contributed by atoms with Gasteiger partial charge in [0.1, 0.15) is 11.4 Å². The zero-order valence-corrected chi connectivity index (χ0v) is 13.6. The monoisotopic (exact) mass is 323 g/mol. The van der Waals surface area contributed by atoms with Gasteiger partial charge in [-0.3, -0.25) is 4.79 Å². The predicted octanol–water partition coefficient (Wildman–Crippen LogP) is 2.43. The fourth-order valence-corrected chi connectivity index (χ4v) is 2.28. The Labute approximate surface area is 139 Å². The van der Waals surface area contributed by atoms with Gasteiger partial charge < -0.3 is 10.1 Å². The topological polar surface area (TPSA) is 81.9 Å². The molecular formula is C17H17N5O2. The van der Waals surface area contributed by atoms with Gasteiger partial charge in [0.15, 0.2) is 0 Å². The summed E-state index contributed by atoms with van der Waals surface area (Å²) in [5.41, 5.74) is 3.23.